The summed E-state index contributed by atoms with van der Waals surface area (Å²) in [5, 5.41) is 12.0. The maximum absolute atomic E-state index is 6.00. The van der Waals surface area contributed by atoms with E-state index in [9.17, 15) is 0 Å². The van der Waals surface area contributed by atoms with Gasteiger partial charge in [0.25, 0.3) is 0 Å². The lowest BCUT2D eigenvalue weighted by Gasteiger charge is -1.55. The van der Waals surface area contributed by atoms with Crippen LogP contribution < -0.4 is 0 Å². The first-order valence-corrected chi connectivity index (χ1v) is 1.82. The van der Waals surface area contributed by atoms with Gasteiger partial charge in [0.15, 0.2) is 0 Å². The SMILES string of the molecule is C=CCCl.OO. The molecule has 0 spiro atoms. The Morgan fingerprint density at radius 3 is 1.83 bits per heavy atom. The molecular formula is C3H7ClO2. The first kappa shape index (κ1) is 9.34. The smallest absolute Gasteiger partial charge is 0.0401 e. The molecule has 0 atom stereocenters. The van der Waals surface area contributed by atoms with Gasteiger partial charge in [-0.15, -0.1) is 18.2 Å². The highest BCUT2D eigenvalue weighted by atomic mass is 35.5. The molecule has 0 aromatic carbocycles. The molecule has 0 unspecified atom stereocenters. The molecular weight excluding hydrogens is 103 g/mol. The van der Waals surface area contributed by atoms with Crippen molar-refractivity contribution in [3.8, 4) is 0 Å². The molecule has 38 valence electrons. The second kappa shape index (κ2) is 20.3. The molecule has 0 aliphatic rings. The lowest BCUT2D eigenvalue weighted by Crippen LogP contribution is -1.45. The van der Waals surface area contributed by atoms with Crippen LogP contribution in [0.25, 0.3) is 0 Å². The Morgan fingerprint density at radius 2 is 1.83 bits per heavy atom. The average molecular weight is 111 g/mol. The summed E-state index contributed by atoms with van der Waals surface area (Å²) in [6.07, 6.45) is 1.64. The molecule has 2 nitrogen and oxygen atoms in total. The van der Waals surface area contributed by atoms with Gasteiger partial charge in [0.1, 0.15) is 0 Å². The fourth-order valence-electron chi connectivity index (χ4n) is 0. The Morgan fingerprint density at radius 1 is 1.67 bits per heavy atom. The normalized spacial score (nSPS) is 5.17. The molecule has 0 aromatic rings. The average Bonchev–Trinajstić information content (AvgIpc) is 1.72. The molecule has 0 bridgehead atoms. The zero-order valence-electron chi connectivity index (χ0n) is 3.26. The third kappa shape index (κ3) is 38.1. The lowest BCUT2D eigenvalue weighted by atomic mass is 10.8. The Labute approximate surface area is 41.6 Å². The molecule has 0 rings (SSSR count). The second-order valence-electron chi connectivity index (χ2n) is 0.443. The second-order valence-corrected chi connectivity index (χ2v) is 0.752. The van der Waals surface area contributed by atoms with E-state index in [2.05, 4.69) is 6.58 Å². The Hall–Kier alpha value is -0.0500. The van der Waals surface area contributed by atoms with Gasteiger partial charge in [-0.2, -0.15) is 0 Å². The molecule has 2 N–H and O–H groups in total. The van der Waals surface area contributed by atoms with Crippen molar-refractivity contribution >= 4 is 11.6 Å². The number of hydrogen-bond acceptors (Lipinski definition) is 2. The highest BCUT2D eigenvalue weighted by Gasteiger charge is 1.48. The van der Waals surface area contributed by atoms with Crippen molar-refractivity contribution in [1.29, 1.82) is 0 Å². The summed E-state index contributed by atoms with van der Waals surface area (Å²) in [6.45, 7) is 3.35. The number of alkyl halides is 1. The molecule has 0 heterocycles. The van der Waals surface area contributed by atoms with Crippen molar-refractivity contribution in [1.82, 2.24) is 0 Å². The Balaban J connectivity index is 0. The minimum atomic E-state index is 0.556. The number of hydrogen-bond donors (Lipinski definition) is 2. The van der Waals surface area contributed by atoms with Crippen molar-refractivity contribution in [2.45, 2.75) is 0 Å². The molecule has 3 heteroatoms. The monoisotopic (exact) mass is 110 g/mol. The van der Waals surface area contributed by atoms with Crippen LogP contribution in [0.3, 0.4) is 0 Å². The summed E-state index contributed by atoms with van der Waals surface area (Å²) in [4.78, 5) is 0. The highest BCUT2D eigenvalue weighted by molar-refractivity contribution is 6.18. The van der Waals surface area contributed by atoms with Crippen LogP contribution in [-0.4, -0.2) is 16.4 Å². The van der Waals surface area contributed by atoms with Gasteiger partial charge in [0.05, 0.1) is 0 Å². The fraction of sp³-hybridized carbons (Fsp3) is 0.333. The maximum atomic E-state index is 6.00. The van der Waals surface area contributed by atoms with Gasteiger partial charge in [-0.05, 0) is 0 Å². The zero-order chi connectivity index (χ0) is 5.41. The van der Waals surface area contributed by atoms with E-state index < -0.39 is 0 Å². The standard InChI is InChI=1S/C3H5Cl.H2O2/c1-2-3-4;1-2/h2H,1,3H2;1-2H. The number of rotatable bonds is 1. The number of allylic oxidation sites excluding steroid dienone is 1. The van der Waals surface area contributed by atoms with Crippen LogP contribution in [-0.2, 0) is 0 Å². The van der Waals surface area contributed by atoms with Crippen molar-refractivity contribution in [3.05, 3.63) is 12.7 Å². The van der Waals surface area contributed by atoms with Gasteiger partial charge in [0, 0.05) is 5.88 Å². The summed E-state index contributed by atoms with van der Waals surface area (Å²) in [6, 6.07) is 0. The van der Waals surface area contributed by atoms with Crippen LogP contribution in [0.4, 0.5) is 0 Å². The predicted molar refractivity (Wildman–Crippen MR) is 26.2 cm³/mol. The molecule has 0 aliphatic heterocycles. The van der Waals surface area contributed by atoms with Gasteiger partial charge in [-0.1, -0.05) is 6.08 Å². The largest absolute Gasteiger partial charge is 0.255 e. The summed E-state index contributed by atoms with van der Waals surface area (Å²) >= 11 is 5.07. The van der Waals surface area contributed by atoms with E-state index in [1.165, 1.54) is 0 Å². The van der Waals surface area contributed by atoms with Gasteiger partial charge in [-0.3, -0.25) is 10.5 Å². The molecule has 0 saturated heterocycles. The molecule has 6 heavy (non-hydrogen) atoms. The van der Waals surface area contributed by atoms with Crippen LogP contribution in [0.15, 0.2) is 12.7 Å². The molecule has 0 saturated carbocycles. The molecule has 0 amide bonds. The van der Waals surface area contributed by atoms with E-state index >= 15 is 0 Å². The quantitative estimate of drug-likeness (QED) is 0.232. The van der Waals surface area contributed by atoms with Crippen molar-refractivity contribution < 1.29 is 10.5 Å². The van der Waals surface area contributed by atoms with E-state index in [0.717, 1.165) is 0 Å². The minimum absolute atomic E-state index is 0.556. The third-order valence-electron chi connectivity index (χ3n) is 0.109. The van der Waals surface area contributed by atoms with Crippen LogP contribution in [0.1, 0.15) is 0 Å². The number of halogens is 1. The van der Waals surface area contributed by atoms with Crippen LogP contribution >= 0.6 is 11.6 Å². The third-order valence-corrected chi connectivity index (χ3v) is 0.327. The van der Waals surface area contributed by atoms with Crippen LogP contribution in [0.2, 0.25) is 0 Å². The van der Waals surface area contributed by atoms with E-state index in [4.69, 9.17) is 22.1 Å². The van der Waals surface area contributed by atoms with E-state index in [0.29, 0.717) is 5.88 Å². The lowest BCUT2D eigenvalue weighted by molar-refractivity contribution is -0.176. The van der Waals surface area contributed by atoms with Crippen molar-refractivity contribution in [3.63, 3.8) is 0 Å². The molecule has 0 fully saturated rings. The Kier molecular flexibility index (Phi) is 31.6. The summed E-state index contributed by atoms with van der Waals surface area (Å²) in [7, 11) is 0. The van der Waals surface area contributed by atoms with Gasteiger partial charge in [-0.25, -0.2) is 0 Å². The maximum Gasteiger partial charge on any atom is 0.0401 e. The first-order valence-electron chi connectivity index (χ1n) is 1.28. The Bertz CT molecular complexity index is 22.8. The molecule has 0 aromatic heterocycles. The van der Waals surface area contributed by atoms with Crippen molar-refractivity contribution in [2.24, 2.45) is 0 Å². The van der Waals surface area contributed by atoms with Gasteiger partial charge >= 0.3 is 0 Å². The summed E-state index contributed by atoms with van der Waals surface area (Å²) in [5.41, 5.74) is 0. The molecule has 0 aliphatic carbocycles. The zero-order valence-corrected chi connectivity index (χ0v) is 4.02. The van der Waals surface area contributed by atoms with Crippen molar-refractivity contribution in [2.75, 3.05) is 5.88 Å². The summed E-state index contributed by atoms with van der Waals surface area (Å²) in [5.74, 6) is 0.556. The molecule has 0 radical (unpaired) electrons. The van der Waals surface area contributed by atoms with E-state index in [1.54, 1.807) is 6.08 Å². The van der Waals surface area contributed by atoms with E-state index in [1.807, 2.05) is 0 Å². The van der Waals surface area contributed by atoms with Gasteiger partial charge in [0.2, 0.25) is 0 Å². The van der Waals surface area contributed by atoms with Gasteiger partial charge < -0.3 is 0 Å². The van der Waals surface area contributed by atoms with Crippen LogP contribution in [0.5, 0.6) is 0 Å². The first-order chi connectivity index (χ1) is 2.91. The van der Waals surface area contributed by atoms with Crippen LogP contribution in [0, 0.1) is 0 Å². The summed E-state index contributed by atoms with van der Waals surface area (Å²) < 4.78 is 0. The predicted octanol–water partition coefficient (Wildman–Crippen LogP) is 1.43. The highest BCUT2D eigenvalue weighted by Crippen LogP contribution is 1.67. The topological polar surface area (TPSA) is 40.5 Å². The minimum Gasteiger partial charge on any atom is -0.255 e. The fourth-order valence-corrected chi connectivity index (χ4v) is 0. The van der Waals surface area contributed by atoms with E-state index in [-0.39, 0.29) is 0 Å².